The molecule has 1 aromatic rings. The predicted octanol–water partition coefficient (Wildman–Crippen LogP) is 5.16. The second-order valence-corrected chi connectivity index (χ2v) is 4.62. The minimum absolute atomic E-state index is 0.611. The topological polar surface area (TPSA) is 18.5 Å². The largest absolute Gasteiger partial charge is 0.489 e. The molecule has 2 heteroatoms. The van der Waals surface area contributed by atoms with Gasteiger partial charge in [0.25, 0.3) is 0 Å². The van der Waals surface area contributed by atoms with Crippen LogP contribution in [0.5, 0.6) is 11.5 Å². The first-order valence-corrected chi connectivity index (χ1v) is 7.52. The Kier molecular flexibility index (Phi) is 9.12. The Balaban J connectivity index is 2.33. The van der Waals surface area contributed by atoms with Crippen LogP contribution in [0.4, 0.5) is 0 Å². The number of rotatable bonds is 10. The van der Waals surface area contributed by atoms with E-state index in [1.165, 1.54) is 12.8 Å². The van der Waals surface area contributed by atoms with E-state index in [2.05, 4.69) is 38.2 Å². The van der Waals surface area contributed by atoms with E-state index >= 15 is 0 Å². The SMILES string of the molecule is CCC/C=C/COc1cccc(OC/C=C/CCC)c1. The molecule has 0 aliphatic rings. The van der Waals surface area contributed by atoms with Crippen molar-refractivity contribution in [3.05, 3.63) is 48.6 Å². The number of allylic oxidation sites excluding steroid dienone is 2. The molecule has 0 aliphatic carbocycles. The van der Waals surface area contributed by atoms with Crippen LogP contribution in [0.2, 0.25) is 0 Å². The molecule has 0 atom stereocenters. The van der Waals surface area contributed by atoms with E-state index in [9.17, 15) is 0 Å². The molecule has 0 bridgehead atoms. The Morgan fingerprint density at radius 2 is 1.30 bits per heavy atom. The highest BCUT2D eigenvalue weighted by Crippen LogP contribution is 2.19. The van der Waals surface area contributed by atoms with E-state index in [1.54, 1.807) is 0 Å². The van der Waals surface area contributed by atoms with Crippen LogP contribution in [-0.2, 0) is 0 Å². The number of unbranched alkanes of at least 4 members (excludes halogenated alkanes) is 2. The number of benzene rings is 1. The van der Waals surface area contributed by atoms with Crippen LogP contribution in [0.25, 0.3) is 0 Å². The van der Waals surface area contributed by atoms with Crippen molar-refractivity contribution in [1.82, 2.24) is 0 Å². The average molecular weight is 274 g/mol. The zero-order valence-electron chi connectivity index (χ0n) is 12.7. The van der Waals surface area contributed by atoms with Crippen LogP contribution in [0.1, 0.15) is 39.5 Å². The number of hydrogen-bond donors (Lipinski definition) is 0. The fourth-order valence-electron chi connectivity index (χ4n) is 1.65. The van der Waals surface area contributed by atoms with Crippen molar-refractivity contribution >= 4 is 0 Å². The van der Waals surface area contributed by atoms with Gasteiger partial charge >= 0.3 is 0 Å². The molecule has 20 heavy (non-hydrogen) atoms. The molecule has 0 saturated carbocycles. The van der Waals surface area contributed by atoms with Crippen molar-refractivity contribution in [2.24, 2.45) is 0 Å². The zero-order chi connectivity index (χ0) is 14.5. The quantitative estimate of drug-likeness (QED) is 0.549. The minimum atomic E-state index is 0.611. The summed E-state index contributed by atoms with van der Waals surface area (Å²) < 4.78 is 11.3. The van der Waals surface area contributed by atoms with Crippen LogP contribution < -0.4 is 9.47 Å². The van der Waals surface area contributed by atoms with E-state index in [1.807, 2.05) is 24.3 Å². The summed E-state index contributed by atoms with van der Waals surface area (Å²) in [6.45, 7) is 5.56. The lowest BCUT2D eigenvalue weighted by Gasteiger charge is -2.07. The molecule has 0 aliphatic heterocycles. The van der Waals surface area contributed by atoms with Gasteiger partial charge in [-0.05, 0) is 25.0 Å². The van der Waals surface area contributed by atoms with Crippen molar-refractivity contribution in [3.8, 4) is 11.5 Å². The standard InChI is InChI=1S/C18H26O2/c1-3-5-7-9-14-19-17-12-11-13-18(16-17)20-15-10-8-6-4-2/h7-13,16H,3-6,14-15H2,1-2H3/b9-7+,10-8+. The van der Waals surface area contributed by atoms with Crippen LogP contribution in [0.3, 0.4) is 0 Å². The lowest BCUT2D eigenvalue weighted by atomic mass is 10.3. The van der Waals surface area contributed by atoms with Crippen LogP contribution in [0.15, 0.2) is 48.6 Å². The molecule has 0 heterocycles. The molecule has 2 nitrogen and oxygen atoms in total. The third-order valence-corrected chi connectivity index (χ3v) is 2.74. The summed E-state index contributed by atoms with van der Waals surface area (Å²) in [6, 6.07) is 7.79. The Morgan fingerprint density at radius 3 is 1.75 bits per heavy atom. The fraction of sp³-hybridized carbons (Fsp3) is 0.444. The third kappa shape index (κ3) is 7.67. The van der Waals surface area contributed by atoms with Gasteiger partial charge in [-0.15, -0.1) is 0 Å². The van der Waals surface area contributed by atoms with E-state index in [-0.39, 0.29) is 0 Å². The van der Waals surface area contributed by atoms with Gasteiger partial charge in [0, 0.05) is 6.07 Å². The van der Waals surface area contributed by atoms with Crippen molar-refractivity contribution in [1.29, 1.82) is 0 Å². The number of ether oxygens (including phenoxy) is 2. The van der Waals surface area contributed by atoms with Gasteiger partial charge in [0.2, 0.25) is 0 Å². The Hall–Kier alpha value is -1.70. The van der Waals surface area contributed by atoms with E-state index in [4.69, 9.17) is 9.47 Å². The molecule has 0 N–H and O–H groups in total. The molecule has 0 unspecified atom stereocenters. The van der Waals surface area contributed by atoms with Gasteiger partial charge in [0.1, 0.15) is 24.7 Å². The molecule has 110 valence electrons. The highest BCUT2D eigenvalue weighted by molar-refractivity contribution is 5.33. The van der Waals surface area contributed by atoms with E-state index < -0.39 is 0 Å². The van der Waals surface area contributed by atoms with E-state index in [0.717, 1.165) is 24.3 Å². The Labute approximate surface area is 123 Å². The second-order valence-electron chi connectivity index (χ2n) is 4.62. The van der Waals surface area contributed by atoms with Crippen molar-refractivity contribution in [2.75, 3.05) is 13.2 Å². The summed E-state index contributed by atoms with van der Waals surface area (Å²) in [6.07, 6.45) is 13.0. The fourth-order valence-corrected chi connectivity index (χ4v) is 1.65. The average Bonchev–Trinajstić information content (AvgIpc) is 2.47. The summed E-state index contributed by atoms with van der Waals surface area (Å²) in [5.41, 5.74) is 0. The summed E-state index contributed by atoms with van der Waals surface area (Å²) in [7, 11) is 0. The van der Waals surface area contributed by atoms with Gasteiger partial charge in [-0.25, -0.2) is 0 Å². The summed E-state index contributed by atoms with van der Waals surface area (Å²) in [4.78, 5) is 0. The van der Waals surface area contributed by atoms with Gasteiger partial charge < -0.3 is 9.47 Å². The third-order valence-electron chi connectivity index (χ3n) is 2.74. The van der Waals surface area contributed by atoms with Gasteiger partial charge in [-0.2, -0.15) is 0 Å². The monoisotopic (exact) mass is 274 g/mol. The molecule has 0 saturated heterocycles. The highest BCUT2D eigenvalue weighted by atomic mass is 16.5. The van der Waals surface area contributed by atoms with Crippen LogP contribution >= 0.6 is 0 Å². The Bertz CT molecular complexity index is 372. The second kappa shape index (κ2) is 11.2. The first-order chi connectivity index (χ1) is 9.86. The first kappa shape index (κ1) is 16.4. The van der Waals surface area contributed by atoms with Gasteiger partial charge in [-0.1, -0.05) is 57.1 Å². The van der Waals surface area contributed by atoms with Crippen molar-refractivity contribution in [3.63, 3.8) is 0 Å². The van der Waals surface area contributed by atoms with Gasteiger partial charge in [0.15, 0.2) is 0 Å². The van der Waals surface area contributed by atoms with Crippen molar-refractivity contribution < 1.29 is 9.47 Å². The smallest absolute Gasteiger partial charge is 0.123 e. The molecule has 1 aromatic carbocycles. The molecule has 0 amide bonds. The maximum Gasteiger partial charge on any atom is 0.123 e. The van der Waals surface area contributed by atoms with E-state index in [0.29, 0.717) is 13.2 Å². The molecule has 0 radical (unpaired) electrons. The minimum Gasteiger partial charge on any atom is -0.489 e. The summed E-state index contributed by atoms with van der Waals surface area (Å²) >= 11 is 0. The zero-order valence-corrected chi connectivity index (χ0v) is 12.7. The lowest BCUT2D eigenvalue weighted by Crippen LogP contribution is -1.96. The maximum absolute atomic E-state index is 5.65. The predicted molar refractivity (Wildman–Crippen MR) is 85.5 cm³/mol. The normalized spacial score (nSPS) is 11.3. The molecule has 0 spiro atoms. The Morgan fingerprint density at radius 1 is 0.800 bits per heavy atom. The number of hydrogen-bond acceptors (Lipinski definition) is 2. The summed E-state index contributed by atoms with van der Waals surface area (Å²) in [5, 5.41) is 0. The van der Waals surface area contributed by atoms with Crippen LogP contribution in [0, 0.1) is 0 Å². The van der Waals surface area contributed by atoms with Gasteiger partial charge in [0.05, 0.1) is 0 Å². The molecular formula is C18H26O2. The molecular weight excluding hydrogens is 248 g/mol. The first-order valence-electron chi connectivity index (χ1n) is 7.52. The highest BCUT2D eigenvalue weighted by Gasteiger charge is 1.96. The van der Waals surface area contributed by atoms with Crippen LogP contribution in [-0.4, -0.2) is 13.2 Å². The van der Waals surface area contributed by atoms with Gasteiger partial charge in [-0.3, -0.25) is 0 Å². The summed E-state index contributed by atoms with van der Waals surface area (Å²) in [5.74, 6) is 1.70. The molecule has 1 rings (SSSR count). The maximum atomic E-state index is 5.65. The lowest BCUT2D eigenvalue weighted by molar-refractivity contribution is 0.344. The van der Waals surface area contributed by atoms with Crippen molar-refractivity contribution in [2.45, 2.75) is 39.5 Å². The molecule has 0 fully saturated rings. The molecule has 0 aromatic heterocycles.